The van der Waals surface area contributed by atoms with Gasteiger partial charge in [0.2, 0.25) is 0 Å². The maximum atomic E-state index is 6.21. The zero-order valence-corrected chi connectivity index (χ0v) is 20.4. The van der Waals surface area contributed by atoms with E-state index in [0.29, 0.717) is 47.8 Å². The Balaban J connectivity index is 2.16. The first-order valence-corrected chi connectivity index (χ1v) is 11.2. The number of hydrogen-bond acceptors (Lipinski definition) is 5. The van der Waals surface area contributed by atoms with Crippen LogP contribution >= 0.6 is 69.6 Å². The molecule has 0 aromatic heterocycles. The molecule has 0 saturated heterocycles. The van der Waals surface area contributed by atoms with Crippen LogP contribution in [0.2, 0.25) is 10.0 Å². The predicted octanol–water partition coefficient (Wildman–Crippen LogP) is 7.58. The molecule has 1 aromatic carbocycles. The lowest BCUT2D eigenvalue weighted by Crippen LogP contribution is -2.03. The summed E-state index contributed by atoms with van der Waals surface area (Å²) in [5.41, 5.74) is 0. The van der Waals surface area contributed by atoms with E-state index in [1.165, 1.54) is 12.2 Å². The molecule has 0 aliphatic carbocycles. The SMILES string of the molecule is ClC(Cl)=CCON=CCCOCCCCOc1c(Cl)cc(OCC=C(Cl)Cl)cc1Cl. The van der Waals surface area contributed by atoms with Gasteiger partial charge >= 0.3 is 0 Å². The first kappa shape index (κ1) is 27.5. The van der Waals surface area contributed by atoms with Gasteiger partial charge in [-0.2, -0.15) is 0 Å². The molecule has 1 rings (SSSR count). The number of nitrogens with zero attached hydrogens (tertiary/aromatic N) is 1. The molecule has 0 atom stereocenters. The highest BCUT2D eigenvalue weighted by atomic mass is 35.5. The Hall–Kier alpha value is -0.530. The summed E-state index contributed by atoms with van der Waals surface area (Å²) in [5, 5.41) is 4.46. The molecule has 0 unspecified atom stereocenters. The molecule has 1 aromatic rings. The molecule has 11 heteroatoms. The van der Waals surface area contributed by atoms with E-state index in [9.17, 15) is 0 Å². The van der Waals surface area contributed by atoms with Crippen molar-refractivity contribution in [2.45, 2.75) is 19.3 Å². The fraction of sp³-hybridized carbons (Fsp3) is 0.421. The monoisotopic (exact) mass is 537 g/mol. The first-order chi connectivity index (χ1) is 14.4. The van der Waals surface area contributed by atoms with Gasteiger partial charge in [-0.3, -0.25) is 0 Å². The van der Waals surface area contributed by atoms with Crippen LogP contribution in [0.1, 0.15) is 19.3 Å². The highest BCUT2D eigenvalue weighted by Gasteiger charge is 2.10. The van der Waals surface area contributed by atoms with Gasteiger partial charge in [0.15, 0.2) is 5.75 Å². The van der Waals surface area contributed by atoms with Crippen molar-refractivity contribution >= 4 is 75.8 Å². The third-order valence-corrected chi connectivity index (χ3v) is 4.42. The van der Waals surface area contributed by atoms with Crippen LogP contribution in [0.25, 0.3) is 0 Å². The van der Waals surface area contributed by atoms with Crippen LogP contribution in [0.3, 0.4) is 0 Å². The second-order valence-corrected chi connectivity index (χ2v) is 8.39. The van der Waals surface area contributed by atoms with E-state index in [2.05, 4.69) is 5.16 Å². The molecular weight excluding hydrogens is 519 g/mol. The Labute approximate surface area is 206 Å². The summed E-state index contributed by atoms with van der Waals surface area (Å²) in [7, 11) is 0. The molecule has 0 N–H and O–H groups in total. The lowest BCUT2D eigenvalue weighted by molar-refractivity contribution is 0.131. The molecule has 30 heavy (non-hydrogen) atoms. The van der Waals surface area contributed by atoms with Crippen molar-refractivity contribution in [3.63, 3.8) is 0 Å². The van der Waals surface area contributed by atoms with Gasteiger partial charge in [0.1, 0.15) is 27.9 Å². The summed E-state index contributed by atoms with van der Waals surface area (Å²) in [6.07, 6.45) is 6.88. The maximum absolute atomic E-state index is 6.21. The second kappa shape index (κ2) is 17.1. The number of oxime groups is 1. The van der Waals surface area contributed by atoms with Gasteiger partial charge in [-0.15, -0.1) is 0 Å². The fourth-order valence-corrected chi connectivity index (χ4v) is 2.75. The van der Waals surface area contributed by atoms with Crippen LogP contribution < -0.4 is 9.47 Å². The Kier molecular flexibility index (Phi) is 15.7. The normalized spacial score (nSPS) is 10.7. The minimum atomic E-state index is 0.125. The van der Waals surface area contributed by atoms with Crippen LogP contribution in [0.4, 0.5) is 0 Å². The van der Waals surface area contributed by atoms with Gasteiger partial charge < -0.3 is 19.0 Å². The quantitative estimate of drug-likeness (QED) is 0.131. The van der Waals surface area contributed by atoms with E-state index in [1.54, 1.807) is 18.3 Å². The second-order valence-electron chi connectivity index (χ2n) is 5.55. The number of unbranched alkanes of at least 4 members (excludes halogenated alkanes) is 1. The van der Waals surface area contributed by atoms with Crippen molar-refractivity contribution in [2.75, 3.05) is 33.0 Å². The summed E-state index contributed by atoms with van der Waals surface area (Å²) in [6, 6.07) is 3.24. The standard InChI is InChI=1S/C19H21Cl6NO4/c20-15-12-14(28-10-4-17(22)23)13-16(21)19(15)29-9-2-1-7-27-8-3-6-26-30-11-5-18(24)25/h4-6,12-13H,1-3,7-11H2. The summed E-state index contributed by atoms with van der Waals surface area (Å²) in [5.74, 6) is 0.906. The third-order valence-electron chi connectivity index (χ3n) is 3.24. The van der Waals surface area contributed by atoms with Crippen LogP contribution in [-0.2, 0) is 9.57 Å². The summed E-state index contributed by atoms with van der Waals surface area (Å²) in [6.45, 7) is 2.04. The van der Waals surface area contributed by atoms with Crippen molar-refractivity contribution in [3.8, 4) is 11.5 Å². The summed E-state index contributed by atoms with van der Waals surface area (Å²) in [4.78, 5) is 4.91. The topological polar surface area (TPSA) is 49.3 Å². The fourth-order valence-electron chi connectivity index (χ4n) is 1.93. The highest BCUT2D eigenvalue weighted by Crippen LogP contribution is 2.37. The van der Waals surface area contributed by atoms with Crippen molar-refractivity contribution < 1.29 is 19.0 Å². The Morgan fingerprint density at radius 1 is 0.833 bits per heavy atom. The molecular formula is C19H21Cl6NO4. The van der Waals surface area contributed by atoms with Gasteiger partial charge in [-0.05, 0) is 25.0 Å². The average molecular weight is 540 g/mol. The molecule has 168 valence electrons. The minimum absolute atomic E-state index is 0.125. The van der Waals surface area contributed by atoms with Gasteiger partial charge in [0.05, 0.1) is 23.3 Å². The summed E-state index contributed by atoms with van der Waals surface area (Å²) < 4.78 is 16.9. The van der Waals surface area contributed by atoms with E-state index < -0.39 is 0 Å². The number of halogens is 6. The molecule has 0 heterocycles. The summed E-state index contributed by atoms with van der Waals surface area (Å²) >= 11 is 34.3. The van der Waals surface area contributed by atoms with Crippen LogP contribution in [0.5, 0.6) is 11.5 Å². The van der Waals surface area contributed by atoms with Gasteiger partial charge in [-0.1, -0.05) is 74.8 Å². The predicted molar refractivity (Wildman–Crippen MR) is 126 cm³/mol. The van der Waals surface area contributed by atoms with Gasteiger partial charge in [0, 0.05) is 31.4 Å². The minimum Gasteiger partial charge on any atom is -0.490 e. The lowest BCUT2D eigenvalue weighted by atomic mass is 10.3. The van der Waals surface area contributed by atoms with E-state index >= 15 is 0 Å². The van der Waals surface area contributed by atoms with Crippen molar-refractivity contribution in [1.82, 2.24) is 0 Å². The number of ether oxygens (including phenoxy) is 3. The largest absolute Gasteiger partial charge is 0.490 e. The first-order valence-electron chi connectivity index (χ1n) is 8.88. The zero-order valence-electron chi connectivity index (χ0n) is 15.9. The van der Waals surface area contributed by atoms with Crippen molar-refractivity contribution in [3.05, 3.63) is 43.3 Å². The number of benzene rings is 1. The molecule has 0 fully saturated rings. The van der Waals surface area contributed by atoms with Crippen LogP contribution in [0, 0.1) is 0 Å². The smallest absolute Gasteiger partial charge is 0.156 e. The molecule has 0 aliphatic rings. The Bertz CT molecular complexity index is 696. The highest BCUT2D eigenvalue weighted by molar-refractivity contribution is 6.56. The molecule has 0 aliphatic heterocycles. The van der Waals surface area contributed by atoms with E-state index in [1.807, 2.05) is 0 Å². The average Bonchev–Trinajstić information content (AvgIpc) is 2.66. The molecule has 5 nitrogen and oxygen atoms in total. The Morgan fingerprint density at radius 3 is 2.13 bits per heavy atom. The van der Waals surface area contributed by atoms with Crippen LogP contribution in [-0.4, -0.2) is 39.2 Å². The van der Waals surface area contributed by atoms with Crippen molar-refractivity contribution in [2.24, 2.45) is 5.16 Å². The molecule has 0 spiro atoms. The number of hydrogen-bond donors (Lipinski definition) is 0. The van der Waals surface area contributed by atoms with Crippen molar-refractivity contribution in [1.29, 1.82) is 0 Å². The molecule has 0 saturated carbocycles. The Morgan fingerprint density at radius 2 is 1.47 bits per heavy atom. The van der Waals surface area contributed by atoms with Gasteiger partial charge in [0.25, 0.3) is 0 Å². The van der Waals surface area contributed by atoms with E-state index in [0.717, 1.165) is 12.8 Å². The maximum Gasteiger partial charge on any atom is 0.156 e. The molecule has 0 amide bonds. The van der Waals surface area contributed by atoms with Crippen LogP contribution in [0.15, 0.2) is 38.4 Å². The number of rotatable bonds is 15. The third kappa shape index (κ3) is 13.7. The molecule has 0 radical (unpaired) electrons. The van der Waals surface area contributed by atoms with Gasteiger partial charge in [-0.25, -0.2) is 0 Å². The van der Waals surface area contributed by atoms with E-state index in [-0.39, 0.29) is 22.2 Å². The lowest BCUT2D eigenvalue weighted by Gasteiger charge is -2.12. The van der Waals surface area contributed by atoms with E-state index in [4.69, 9.17) is 88.7 Å². The zero-order chi connectivity index (χ0) is 22.2. The molecule has 0 bridgehead atoms.